The highest BCUT2D eigenvalue weighted by Crippen LogP contribution is 2.36. The van der Waals surface area contributed by atoms with E-state index in [0.29, 0.717) is 22.6 Å². The second-order valence-corrected chi connectivity index (χ2v) is 10.3. The lowest BCUT2D eigenvalue weighted by Gasteiger charge is -2.19. The number of anilines is 1. The molecule has 4 aromatic rings. The molecule has 0 bridgehead atoms. The number of rotatable bonds is 8. The highest BCUT2D eigenvalue weighted by Gasteiger charge is 2.37. The van der Waals surface area contributed by atoms with Crippen molar-refractivity contribution in [2.24, 2.45) is 5.41 Å². The molecule has 1 amide bonds. The number of halogens is 3. The van der Waals surface area contributed by atoms with Crippen LogP contribution in [0.5, 0.6) is 5.88 Å². The van der Waals surface area contributed by atoms with Gasteiger partial charge in [0, 0.05) is 34.7 Å². The summed E-state index contributed by atoms with van der Waals surface area (Å²) >= 11 is 0. The van der Waals surface area contributed by atoms with Gasteiger partial charge in [0.15, 0.2) is 11.3 Å². The van der Waals surface area contributed by atoms with Crippen LogP contribution in [0.2, 0.25) is 0 Å². The number of aliphatic carboxylic acids is 1. The number of ether oxygens (including phenoxy) is 1. The fourth-order valence-corrected chi connectivity index (χ4v) is 3.74. The monoisotopic (exact) mass is 555 g/mol. The number of hydrogen-bond acceptors (Lipinski definition) is 6. The number of aryl methyl sites for hydroxylation is 1. The van der Waals surface area contributed by atoms with E-state index in [9.17, 15) is 22.8 Å². The van der Waals surface area contributed by atoms with E-state index < -0.39 is 23.3 Å². The molecule has 0 fully saturated rings. The van der Waals surface area contributed by atoms with Crippen molar-refractivity contribution in [1.29, 1.82) is 0 Å². The van der Waals surface area contributed by atoms with Crippen LogP contribution in [-0.4, -0.2) is 43.2 Å². The zero-order valence-corrected chi connectivity index (χ0v) is 22.3. The molecule has 0 atom stereocenters. The SMILES string of the molecule is Cc1ccc(-c2cn3nc(-c4ccc(OCCCC(=O)O)nc4C(F)(F)F)ccc3n2)cc1NC(=O)C(C)(C)C. The number of aromatic nitrogens is 4. The summed E-state index contributed by atoms with van der Waals surface area (Å²) in [5.74, 6) is -1.43. The lowest BCUT2D eigenvalue weighted by atomic mass is 9.95. The van der Waals surface area contributed by atoms with Crippen LogP contribution in [0.15, 0.2) is 48.7 Å². The van der Waals surface area contributed by atoms with Gasteiger partial charge in [-0.05, 0) is 43.2 Å². The molecule has 0 unspecified atom stereocenters. The molecule has 2 N–H and O–H groups in total. The normalized spacial score (nSPS) is 12.0. The topological polar surface area (TPSA) is 119 Å². The quantitative estimate of drug-likeness (QED) is 0.256. The number of hydrogen-bond donors (Lipinski definition) is 2. The zero-order valence-electron chi connectivity index (χ0n) is 22.3. The van der Waals surface area contributed by atoms with Gasteiger partial charge in [0.05, 0.1) is 24.2 Å². The largest absolute Gasteiger partial charge is 0.481 e. The van der Waals surface area contributed by atoms with Crippen LogP contribution < -0.4 is 10.1 Å². The van der Waals surface area contributed by atoms with Crippen LogP contribution in [0.1, 0.15) is 44.9 Å². The number of carbonyl (C=O) groups excluding carboxylic acids is 1. The third-order valence-corrected chi connectivity index (χ3v) is 5.98. The summed E-state index contributed by atoms with van der Waals surface area (Å²) in [5.41, 5.74) is 1.16. The number of carboxylic acid groups (broad SMARTS) is 1. The molecule has 210 valence electrons. The van der Waals surface area contributed by atoms with Crippen LogP contribution >= 0.6 is 0 Å². The standard InChI is InChI=1S/C28H28F3N5O4/c1-16-7-8-17(14-20(16)33-26(39)27(2,3)4)21-15-36-22(32-21)11-10-19(35-36)18-9-12-23(34-25(18)28(29,30)31)40-13-5-6-24(37)38/h7-12,14-15H,5-6,13H2,1-4H3,(H,33,39)(H,37,38). The zero-order chi connectivity index (χ0) is 29.2. The van der Waals surface area contributed by atoms with Crippen molar-refractivity contribution in [3.8, 4) is 28.4 Å². The second kappa shape index (κ2) is 10.9. The number of pyridine rings is 1. The van der Waals surface area contributed by atoms with Crippen molar-refractivity contribution in [3.63, 3.8) is 0 Å². The van der Waals surface area contributed by atoms with Crippen LogP contribution in [-0.2, 0) is 15.8 Å². The maximum atomic E-state index is 13.9. The summed E-state index contributed by atoms with van der Waals surface area (Å²) in [5, 5.41) is 16.0. The average molecular weight is 556 g/mol. The van der Waals surface area contributed by atoms with Gasteiger partial charge in [-0.1, -0.05) is 32.9 Å². The first kappa shape index (κ1) is 28.5. The Morgan fingerprint density at radius 2 is 1.77 bits per heavy atom. The third-order valence-electron chi connectivity index (χ3n) is 5.98. The third kappa shape index (κ3) is 6.56. The summed E-state index contributed by atoms with van der Waals surface area (Å²) in [6.45, 7) is 7.23. The van der Waals surface area contributed by atoms with Crippen molar-refractivity contribution >= 4 is 23.2 Å². The van der Waals surface area contributed by atoms with E-state index in [1.807, 2.05) is 39.8 Å². The number of fused-ring (bicyclic) bond motifs is 1. The van der Waals surface area contributed by atoms with Crippen LogP contribution in [0.4, 0.5) is 18.9 Å². The fourth-order valence-electron chi connectivity index (χ4n) is 3.74. The first-order chi connectivity index (χ1) is 18.7. The summed E-state index contributed by atoms with van der Waals surface area (Å²) in [4.78, 5) is 31.3. The van der Waals surface area contributed by atoms with E-state index in [2.05, 4.69) is 20.4 Å². The molecule has 1 aromatic carbocycles. The number of alkyl halides is 3. The Balaban J connectivity index is 1.65. The van der Waals surface area contributed by atoms with E-state index in [-0.39, 0.29) is 42.5 Å². The van der Waals surface area contributed by atoms with Crippen LogP contribution in [0.25, 0.3) is 28.2 Å². The molecule has 4 rings (SSSR count). The highest BCUT2D eigenvalue weighted by molar-refractivity contribution is 5.95. The highest BCUT2D eigenvalue weighted by atomic mass is 19.4. The van der Waals surface area contributed by atoms with Gasteiger partial charge in [-0.15, -0.1) is 0 Å². The minimum absolute atomic E-state index is 0.0238. The summed E-state index contributed by atoms with van der Waals surface area (Å²) in [6, 6.07) is 11.0. The summed E-state index contributed by atoms with van der Waals surface area (Å²) in [7, 11) is 0. The Labute approximate surface area is 228 Å². The molecule has 0 aliphatic heterocycles. The van der Waals surface area contributed by atoms with Crippen molar-refractivity contribution in [2.45, 2.75) is 46.7 Å². The molecular formula is C28H28F3N5O4. The van der Waals surface area contributed by atoms with Crippen molar-refractivity contribution in [3.05, 3.63) is 59.9 Å². The molecule has 0 aliphatic rings. The van der Waals surface area contributed by atoms with E-state index >= 15 is 0 Å². The van der Waals surface area contributed by atoms with Gasteiger partial charge < -0.3 is 15.2 Å². The fraction of sp³-hybridized carbons (Fsp3) is 0.321. The summed E-state index contributed by atoms with van der Waals surface area (Å²) in [6.07, 6.45) is -3.23. The number of imidazole rings is 1. The molecule has 0 saturated heterocycles. The Morgan fingerprint density at radius 3 is 2.45 bits per heavy atom. The number of carbonyl (C=O) groups is 2. The van der Waals surface area contributed by atoms with Crippen LogP contribution in [0, 0.1) is 12.3 Å². The van der Waals surface area contributed by atoms with Gasteiger partial charge in [-0.3, -0.25) is 9.59 Å². The van der Waals surface area contributed by atoms with Gasteiger partial charge in [-0.2, -0.15) is 18.3 Å². The van der Waals surface area contributed by atoms with Gasteiger partial charge in [0.1, 0.15) is 0 Å². The Morgan fingerprint density at radius 1 is 1.02 bits per heavy atom. The van der Waals surface area contributed by atoms with Crippen molar-refractivity contribution < 1.29 is 32.6 Å². The van der Waals surface area contributed by atoms with E-state index in [1.165, 1.54) is 22.7 Å². The van der Waals surface area contributed by atoms with Gasteiger partial charge in [0.2, 0.25) is 11.8 Å². The van der Waals surface area contributed by atoms with Crippen LogP contribution in [0.3, 0.4) is 0 Å². The lowest BCUT2D eigenvalue weighted by Crippen LogP contribution is -2.27. The summed E-state index contributed by atoms with van der Waals surface area (Å²) < 4.78 is 48.3. The number of nitrogens with zero attached hydrogens (tertiary/aromatic N) is 4. The van der Waals surface area contributed by atoms with E-state index in [4.69, 9.17) is 9.84 Å². The van der Waals surface area contributed by atoms with Gasteiger partial charge in [0.25, 0.3) is 0 Å². The maximum Gasteiger partial charge on any atom is 0.434 e. The predicted molar refractivity (Wildman–Crippen MR) is 142 cm³/mol. The molecule has 40 heavy (non-hydrogen) atoms. The Kier molecular flexibility index (Phi) is 7.81. The molecule has 0 radical (unpaired) electrons. The van der Waals surface area contributed by atoms with Gasteiger partial charge in [-0.25, -0.2) is 14.5 Å². The van der Waals surface area contributed by atoms with Gasteiger partial charge >= 0.3 is 12.1 Å². The predicted octanol–water partition coefficient (Wildman–Crippen LogP) is 6.01. The molecule has 12 heteroatoms. The van der Waals surface area contributed by atoms with Crippen molar-refractivity contribution in [2.75, 3.05) is 11.9 Å². The van der Waals surface area contributed by atoms with E-state index in [1.54, 1.807) is 18.3 Å². The first-order valence-electron chi connectivity index (χ1n) is 12.4. The molecule has 3 heterocycles. The molecule has 0 spiro atoms. The Hall–Kier alpha value is -4.48. The number of amides is 1. The smallest absolute Gasteiger partial charge is 0.434 e. The van der Waals surface area contributed by atoms with E-state index in [0.717, 1.165) is 5.56 Å². The molecule has 9 nitrogen and oxygen atoms in total. The maximum absolute atomic E-state index is 13.9. The Bertz CT molecular complexity index is 1570. The second-order valence-electron chi connectivity index (χ2n) is 10.3. The number of carboxylic acids is 1. The minimum atomic E-state index is -4.79. The molecule has 0 saturated carbocycles. The molecular weight excluding hydrogens is 527 g/mol. The lowest BCUT2D eigenvalue weighted by molar-refractivity contribution is -0.141. The minimum Gasteiger partial charge on any atom is -0.481 e. The molecule has 3 aromatic heterocycles. The van der Waals surface area contributed by atoms with Crippen molar-refractivity contribution in [1.82, 2.24) is 19.6 Å². The number of benzene rings is 1. The average Bonchev–Trinajstić information content (AvgIpc) is 3.30. The number of nitrogens with one attached hydrogen (secondary N) is 1. The first-order valence-corrected chi connectivity index (χ1v) is 12.4. The molecule has 0 aliphatic carbocycles.